The summed E-state index contributed by atoms with van der Waals surface area (Å²) < 4.78 is 32.1. The molecule has 1 aromatic heterocycles. The summed E-state index contributed by atoms with van der Waals surface area (Å²) in [7, 11) is -3.51. The van der Waals surface area contributed by atoms with E-state index in [1.165, 1.54) is 16.4 Å². The van der Waals surface area contributed by atoms with Gasteiger partial charge in [0.1, 0.15) is 0 Å². The molecule has 0 atom stereocenters. The van der Waals surface area contributed by atoms with Crippen molar-refractivity contribution in [3.05, 3.63) is 65.0 Å². The maximum atomic E-state index is 12.8. The quantitative estimate of drug-likeness (QED) is 0.603. The minimum Gasteiger partial charge on any atom is -0.344 e. The molecule has 0 aliphatic carbocycles. The van der Waals surface area contributed by atoms with Crippen LogP contribution in [0.3, 0.4) is 0 Å². The van der Waals surface area contributed by atoms with Gasteiger partial charge in [-0.3, -0.25) is 4.79 Å². The lowest BCUT2D eigenvalue weighted by Gasteiger charge is -2.25. The molecule has 10 heteroatoms. The van der Waals surface area contributed by atoms with E-state index in [0.717, 1.165) is 24.8 Å². The lowest BCUT2D eigenvalue weighted by atomic mass is 10.2. The first-order chi connectivity index (χ1) is 14.9. The molecule has 0 radical (unpaired) electrons. The molecule has 1 amide bonds. The Morgan fingerprint density at radius 1 is 1.03 bits per heavy atom. The predicted molar refractivity (Wildman–Crippen MR) is 115 cm³/mol. The summed E-state index contributed by atoms with van der Waals surface area (Å²) in [6.45, 7) is 1.38. The molecule has 31 heavy (non-hydrogen) atoms. The van der Waals surface area contributed by atoms with Crippen molar-refractivity contribution >= 4 is 27.5 Å². The summed E-state index contributed by atoms with van der Waals surface area (Å²) in [6.07, 6.45) is 2.81. The summed E-state index contributed by atoms with van der Waals surface area (Å²) in [5, 5.41) is 7.15. The van der Waals surface area contributed by atoms with E-state index >= 15 is 0 Å². The minimum atomic E-state index is -3.51. The number of nitrogens with zero attached hydrogens (tertiary/aromatic N) is 3. The van der Waals surface area contributed by atoms with Crippen LogP contribution in [0.2, 0.25) is 5.02 Å². The number of hydrogen-bond donors (Lipinski definition) is 1. The Balaban J connectivity index is 1.42. The van der Waals surface area contributed by atoms with Crippen LogP contribution in [-0.4, -0.2) is 41.9 Å². The Kier molecular flexibility index (Phi) is 6.35. The van der Waals surface area contributed by atoms with E-state index in [9.17, 15) is 13.2 Å². The molecule has 0 saturated carbocycles. The van der Waals surface area contributed by atoms with Gasteiger partial charge < -0.3 is 9.84 Å². The second-order valence-electron chi connectivity index (χ2n) is 7.22. The highest BCUT2D eigenvalue weighted by Gasteiger charge is 2.26. The van der Waals surface area contributed by atoms with Crippen molar-refractivity contribution in [1.29, 1.82) is 0 Å². The first kappa shape index (κ1) is 21.5. The Morgan fingerprint density at radius 3 is 2.39 bits per heavy atom. The third-order valence-electron chi connectivity index (χ3n) is 5.05. The van der Waals surface area contributed by atoms with Crippen LogP contribution in [-0.2, 0) is 16.6 Å². The number of amides is 1. The normalized spacial score (nSPS) is 15.0. The van der Waals surface area contributed by atoms with Gasteiger partial charge in [0.15, 0.2) is 0 Å². The summed E-state index contributed by atoms with van der Waals surface area (Å²) >= 11 is 5.85. The zero-order chi connectivity index (χ0) is 21.8. The van der Waals surface area contributed by atoms with E-state index in [1.807, 2.05) is 0 Å². The lowest BCUT2D eigenvalue weighted by molar-refractivity contribution is 0.0907. The van der Waals surface area contributed by atoms with Crippen molar-refractivity contribution in [3.8, 4) is 11.4 Å². The average Bonchev–Trinajstić information content (AvgIpc) is 3.30. The van der Waals surface area contributed by atoms with Crippen LogP contribution in [0.1, 0.15) is 35.5 Å². The number of carbonyl (C=O) groups is 1. The molecule has 1 fully saturated rings. The van der Waals surface area contributed by atoms with Gasteiger partial charge in [0.05, 0.1) is 4.90 Å². The fourth-order valence-corrected chi connectivity index (χ4v) is 4.97. The molecular weight excluding hydrogens is 440 g/mol. The second-order valence-corrected chi connectivity index (χ2v) is 9.60. The van der Waals surface area contributed by atoms with Gasteiger partial charge in [0.2, 0.25) is 15.8 Å². The van der Waals surface area contributed by atoms with E-state index in [2.05, 4.69) is 15.5 Å². The molecule has 0 bridgehead atoms. The molecule has 4 rings (SSSR count). The smallest absolute Gasteiger partial charge is 0.316 e. The first-order valence-corrected chi connectivity index (χ1v) is 11.7. The number of hydrogen-bond acceptors (Lipinski definition) is 6. The van der Waals surface area contributed by atoms with E-state index in [-0.39, 0.29) is 23.2 Å². The molecule has 0 spiro atoms. The van der Waals surface area contributed by atoms with E-state index < -0.39 is 15.9 Å². The monoisotopic (exact) mass is 460 g/mol. The van der Waals surface area contributed by atoms with Gasteiger partial charge in [0, 0.05) is 30.2 Å². The maximum absolute atomic E-state index is 12.8. The largest absolute Gasteiger partial charge is 0.344 e. The molecule has 1 N–H and O–H groups in total. The summed E-state index contributed by atoms with van der Waals surface area (Å²) in [5.74, 6) is -0.467. The van der Waals surface area contributed by atoms with Crippen molar-refractivity contribution in [3.63, 3.8) is 0 Å². The molecule has 8 nitrogen and oxygen atoms in total. The Bertz CT molecular complexity index is 1150. The molecule has 2 aromatic carbocycles. The van der Waals surface area contributed by atoms with Gasteiger partial charge >= 0.3 is 11.8 Å². The molecule has 162 valence electrons. The summed E-state index contributed by atoms with van der Waals surface area (Å²) in [5.41, 5.74) is 1.43. The van der Waals surface area contributed by atoms with Crippen molar-refractivity contribution in [2.24, 2.45) is 0 Å². The van der Waals surface area contributed by atoms with Crippen LogP contribution in [0.4, 0.5) is 0 Å². The van der Waals surface area contributed by atoms with Gasteiger partial charge in [-0.05, 0) is 54.8 Å². The number of halogens is 1. The zero-order valence-corrected chi connectivity index (χ0v) is 18.2. The van der Waals surface area contributed by atoms with Gasteiger partial charge in [0.25, 0.3) is 0 Å². The van der Waals surface area contributed by atoms with Crippen molar-refractivity contribution < 1.29 is 17.7 Å². The van der Waals surface area contributed by atoms with E-state index in [4.69, 9.17) is 16.1 Å². The number of sulfonamides is 1. The minimum absolute atomic E-state index is 0.172. The predicted octanol–water partition coefficient (Wildman–Crippen LogP) is 3.49. The van der Waals surface area contributed by atoms with Crippen LogP contribution in [0, 0.1) is 0 Å². The van der Waals surface area contributed by atoms with Crippen LogP contribution < -0.4 is 5.32 Å². The number of aromatic nitrogens is 2. The molecular formula is C21H21ClN4O4S. The highest BCUT2D eigenvalue weighted by atomic mass is 35.5. The Hall–Kier alpha value is -2.75. The first-order valence-electron chi connectivity index (χ1n) is 9.90. The molecule has 1 saturated heterocycles. The zero-order valence-electron chi connectivity index (χ0n) is 16.6. The standard InChI is InChI=1S/C21H21ClN4O4S/c22-17-8-4-15(5-9-17)14-23-20(27)21-24-19(25-30-21)16-6-10-18(11-7-16)31(28,29)26-12-2-1-3-13-26/h4-11H,1-3,12-14H2,(H,23,27). The van der Waals surface area contributed by atoms with Gasteiger partial charge in [-0.1, -0.05) is 35.3 Å². The number of nitrogens with one attached hydrogen (secondary N) is 1. The highest BCUT2D eigenvalue weighted by Crippen LogP contribution is 2.23. The molecule has 1 aliphatic rings. The van der Waals surface area contributed by atoms with Crippen LogP contribution in [0.5, 0.6) is 0 Å². The number of piperidine rings is 1. The molecule has 2 heterocycles. The second kappa shape index (κ2) is 9.17. The van der Waals surface area contributed by atoms with Crippen molar-refractivity contribution in [2.75, 3.05) is 13.1 Å². The third-order valence-corrected chi connectivity index (χ3v) is 7.22. The molecule has 1 aliphatic heterocycles. The van der Waals surface area contributed by atoms with E-state index in [1.54, 1.807) is 36.4 Å². The number of carbonyl (C=O) groups excluding carboxylic acids is 1. The fourth-order valence-electron chi connectivity index (χ4n) is 3.32. The van der Waals surface area contributed by atoms with Gasteiger partial charge in [-0.2, -0.15) is 9.29 Å². The van der Waals surface area contributed by atoms with Crippen molar-refractivity contribution in [1.82, 2.24) is 19.8 Å². The van der Waals surface area contributed by atoms with Gasteiger partial charge in [-0.25, -0.2) is 8.42 Å². The molecule has 0 unspecified atom stereocenters. The Morgan fingerprint density at radius 2 is 1.71 bits per heavy atom. The van der Waals surface area contributed by atoms with Crippen molar-refractivity contribution in [2.45, 2.75) is 30.7 Å². The average molecular weight is 461 g/mol. The highest BCUT2D eigenvalue weighted by molar-refractivity contribution is 7.89. The third kappa shape index (κ3) is 4.95. The topological polar surface area (TPSA) is 105 Å². The van der Waals surface area contributed by atoms with Crippen LogP contribution in [0.15, 0.2) is 57.9 Å². The fraction of sp³-hybridized carbons (Fsp3) is 0.286. The summed E-state index contributed by atoms with van der Waals surface area (Å²) in [4.78, 5) is 16.6. The van der Waals surface area contributed by atoms with Crippen LogP contribution in [0.25, 0.3) is 11.4 Å². The number of rotatable bonds is 6. The van der Waals surface area contributed by atoms with Gasteiger partial charge in [-0.15, -0.1) is 0 Å². The maximum Gasteiger partial charge on any atom is 0.316 e. The number of benzene rings is 2. The van der Waals surface area contributed by atoms with E-state index in [0.29, 0.717) is 23.7 Å². The SMILES string of the molecule is O=C(NCc1ccc(Cl)cc1)c1nc(-c2ccc(S(=O)(=O)N3CCCCC3)cc2)no1. The summed E-state index contributed by atoms with van der Waals surface area (Å²) in [6, 6.07) is 13.4. The lowest BCUT2D eigenvalue weighted by Crippen LogP contribution is -2.35. The van der Waals surface area contributed by atoms with Crippen LogP contribution >= 0.6 is 11.6 Å². The molecule has 3 aromatic rings. The Labute approximate surface area is 185 Å².